The van der Waals surface area contributed by atoms with Gasteiger partial charge in [-0.25, -0.2) is 4.99 Å². The Kier molecular flexibility index (Phi) is 7.94. The first-order chi connectivity index (χ1) is 16.9. The Morgan fingerprint density at radius 1 is 1.20 bits per heavy atom. The number of thiophene rings is 1. The summed E-state index contributed by atoms with van der Waals surface area (Å²) in [6.45, 7) is 4.20. The number of fused-ring (bicyclic) bond motifs is 1. The number of terminal acetylenes is 1. The van der Waals surface area contributed by atoms with E-state index in [2.05, 4.69) is 33.2 Å². The number of halogens is 1. The van der Waals surface area contributed by atoms with E-state index in [1.165, 1.54) is 4.88 Å². The molecule has 0 aliphatic heterocycles. The van der Waals surface area contributed by atoms with Gasteiger partial charge in [0, 0.05) is 16.8 Å². The second-order valence-corrected chi connectivity index (χ2v) is 10.4. The fourth-order valence-electron chi connectivity index (χ4n) is 4.32. The molecular formula is C28H27BrN2O3S. The molecule has 0 radical (unpaired) electrons. The summed E-state index contributed by atoms with van der Waals surface area (Å²) >= 11 is 5.14. The Morgan fingerprint density at radius 3 is 2.66 bits per heavy atom. The normalized spacial score (nSPS) is 12.8. The molecule has 1 aromatic heterocycles. The van der Waals surface area contributed by atoms with Crippen LogP contribution in [-0.4, -0.2) is 25.8 Å². The Bertz CT molecular complexity index is 1320. The highest BCUT2D eigenvalue weighted by Gasteiger charge is 2.25. The number of nitrogens with one attached hydrogen (secondary N) is 1. The predicted octanol–water partition coefficient (Wildman–Crippen LogP) is 7.03. The van der Waals surface area contributed by atoms with E-state index < -0.39 is 0 Å². The van der Waals surface area contributed by atoms with Crippen LogP contribution in [-0.2, 0) is 12.8 Å². The van der Waals surface area contributed by atoms with Crippen molar-refractivity contribution in [3.05, 3.63) is 67.5 Å². The zero-order chi connectivity index (χ0) is 24.9. The number of rotatable bonds is 7. The van der Waals surface area contributed by atoms with E-state index in [9.17, 15) is 4.79 Å². The van der Waals surface area contributed by atoms with Gasteiger partial charge in [-0.3, -0.25) is 4.79 Å². The summed E-state index contributed by atoms with van der Waals surface area (Å²) in [6, 6.07) is 9.79. The van der Waals surface area contributed by atoms with Crippen LogP contribution >= 0.6 is 27.3 Å². The molecule has 1 amide bonds. The number of hydrogen-bond donors (Lipinski definition) is 1. The molecule has 0 spiro atoms. The third-order valence-corrected chi connectivity index (χ3v) is 7.53. The molecular weight excluding hydrogens is 524 g/mol. The van der Waals surface area contributed by atoms with E-state index in [1.807, 2.05) is 38.1 Å². The van der Waals surface area contributed by atoms with Gasteiger partial charge in [0.1, 0.15) is 11.6 Å². The summed E-state index contributed by atoms with van der Waals surface area (Å²) in [5.41, 5.74) is 5.65. The van der Waals surface area contributed by atoms with Crippen LogP contribution in [0.25, 0.3) is 0 Å². The summed E-state index contributed by atoms with van der Waals surface area (Å²) in [5.74, 6) is 3.44. The van der Waals surface area contributed by atoms with Crippen LogP contribution in [0.2, 0.25) is 0 Å². The van der Waals surface area contributed by atoms with Gasteiger partial charge < -0.3 is 14.8 Å². The largest absolute Gasteiger partial charge is 0.493 e. The summed E-state index contributed by atoms with van der Waals surface area (Å²) in [4.78, 5) is 19.5. The first kappa shape index (κ1) is 25.0. The first-order valence-electron chi connectivity index (χ1n) is 11.4. The van der Waals surface area contributed by atoms with Crippen molar-refractivity contribution in [2.24, 2.45) is 4.99 Å². The van der Waals surface area contributed by atoms with Gasteiger partial charge in [0.2, 0.25) is 0 Å². The Labute approximate surface area is 218 Å². The fourth-order valence-corrected chi connectivity index (χ4v) is 6.12. The number of ether oxygens (including phenoxy) is 2. The van der Waals surface area contributed by atoms with Gasteiger partial charge in [-0.1, -0.05) is 12.0 Å². The third-order valence-electron chi connectivity index (χ3n) is 5.74. The second kappa shape index (κ2) is 11.1. The summed E-state index contributed by atoms with van der Waals surface area (Å²) in [6.07, 6.45) is 11.2. The third kappa shape index (κ3) is 5.77. The molecule has 1 N–H and O–H groups in total. The molecule has 2 aromatic carbocycles. The van der Waals surface area contributed by atoms with Gasteiger partial charge in [-0.05, 0) is 102 Å². The van der Waals surface area contributed by atoms with Crippen LogP contribution in [0.4, 0.5) is 10.7 Å². The van der Waals surface area contributed by atoms with Crippen molar-refractivity contribution in [1.29, 1.82) is 0 Å². The van der Waals surface area contributed by atoms with E-state index in [0.717, 1.165) is 58.6 Å². The highest BCUT2D eigenvalue weighted by atomic mass is 79.9. The lowest BCUT2D eigenvalue weighted by Crippen LogP contribution is -2.15. The van der Waals surface area contributed by atoms with Crippen molar-refractivity contribution in [3.8, 4) is 23.8 Å². The molecule has 7 heteroatoms. The van der Waals surface area contributed by atoms with Gasteiger partial charge in [0.25, 0.3) is 5.91 Å². The first-order valence-corrected chi connectivity index (χ1v) is 13.0. The van der Waals surface area contributed by atoms with E-state index >= 15 is 0 Å². The lowest BCUT2D eigenvalue weighted by atomic mass is 9.95. The lowest BCUT2D eigenvalue weighted by molar-refractivity contribution is 0.102. The van der Waals surface area contributed by atoms with Crippen LogP contribution in [0.15, 0.2) is 39.8 Å². The number of carbonyl (C=O) groups excluding carboxylic acids is 1. The standard InChI is InChI=1S/C28H27BrN2O3S/c1-5-10-34-26-22(29)14-19(15-23(26)33-4)16-30-28-25(21-8-6-7-9-24(21)35-28)27(32)31-20-12-17(2)11-18(3)13-20/h1,11-16H,6-10H2,2-4H3,(H,31,32). The molecule has 1 aliphatic carbocycles. The van der Waals surface area contributed by atoms with Gasteiger partial charge in [-0.15, -0.1) is 17.8 Å². The number of carbonyl (C=O) groups is 1. The van der Waals surface area contributed by atoms with Crippen molar-refractivity contribution in [3.63, 3.8) is 0 Å². The maximum atomic E-state index is 13.5. The molecule has 1 heterocycles. The smallest absolute Gasteiger partial charge is 0.259 e. The van der Waals surface area contributed by atoms with Crippen molar-refractivity contribution < 1.29 is 14.3 Å². The zero-order valence-corrected chi connectivity index (χ0v) is 22.4. The summed E-state index contributed by atoms with van der Waals surface area (Å²) < 4.78 is 11.8. The fraction of sp³-hybridized carbons (Fsp3) is 0.286. The topological polar surface area (TPSA) is 59.9 Å². The van der Waals surface area contributed by atoms with Crippen LogP contribution in [0.5, 0.6) is 11.5 Å². The number of nitrogens with zero attached hydrogens (tertiary/aromatic N) is 1. The Balaban J connectivity index is 1.68. The maximum absolute atomic E-state index is 13.5. The molecule has 0 saturated heterocycles. The molecule has 5 nitrogen and oxygen atoms in total. The van der Waals surface area contributed by atoms with Crippen LogP contribution in [0.3, 0.4) is 0 Å². The molecule has 4 rings (SSSR count). The van der Waals surface area contributed by atoms with Crippen molar-refractivity contribution in [2.75, 3.05) is 19.0 Å². The SMILES string of the molecule is C#CCOc1c(Br)cc(C=Nc2sc3c(c2C(=O)Nc2cc(C)cc(C)c2)CCCC3)cc1OC. The van der Waals surface area contributed by atoms with Crippen molar-refractivity contribution in [2.45, 2.75) is 39.5 Å². The minimum absolute atomic E-state index is 0.113. The van der Waals surface area contributed by atoms with E-state index in [1.54, 1.807) is 24.7 Å². The average Bonchev–Trinajstić information content (AvgIpc) is 3.19. The van der Waals surface area contributed by atoms with E-state index in [4.69, 9.17) is 20.9 Å². The number of anilines is 1. The molecule has 180 valence electrons. The summed E-state index contributed by atoms with van der Waals surface area (Å²) in [7, 11) is 1.58. The second-order valence-electron chi connectivity index (χ2n) is 8.51. The molecule has 0 atom stereocenters. The summed E-state index contributed by atoms with van der Waals surface area (Å²) in [5, 5.41) is 3.83. The molecule has 0 fully saturated rings. The Hall–Kier alpha value is -3.08. The van der Waals surface area contributed by atoms with Crippen LogP contribution < -0.4 is 14.8 Å². The van der Waals surface area contributed by atoms with Crippen molar-refractivity contribution >= 4 is 50.1 Å². The highest BCUT2D eigenvalue weighted by molar-refractivity contribution is 9.10. The molecule has 35 heavy (non-hydrogen) atoms. The van der Waals surface area contributed by atoms with Crippen LogP contribution in [0, 0.1) is 26.2 Å². The molecule has 0 bridgehead atoms. The van der Waals surface area contributed by atoms with Gasteiger partial charge in [-0.2, -0.15) is 0 Å². The minimum Gasteiger partial charge on any atom is -0.493 e. The monoisotopic (exact) mass is 550 g/mol. The highest BCUT2D eigenvalue weighted by Crippen LogP contribution is 2.41. The number of hydrogen-bond acceptors (Lipinski definition) is 5. The number of methoxy groups -OCH3 is 1. The zero-order valence-electron chi connectivity index (χ0n) is 20.0. The van der Waals surface area contributed by atoms with E-state index in [0.29, 0.717) is 21.5 Å². The molecule has 0 saturated carbocycles. The van der Waals surface area contributed by atoms with Gasteiger partial charge in [0.15, 0.2) is 11.5 Å². The average molecular weight is 552 g/mol. The lowest BCUT2D eigenvalue weighted by Gasteiger charge is -2.13. The minimum atomic E-state index is -0.113. The molecule has 1 aliphatic rings. The Morgan fingerprint density at radius 2 is 1.94 bits per heavy atom. The number of aliphatic imine (C=N–C) groups is 1. The van der Waals surface area contributed by atoms with E-state index in [-0.39, 0.29) is 12.5 Å². The molecule has 3 aromatic rings. The maximum Gasteiger partial charge on any atom is 0.259 e. The van der Waals surface area contributed by atoms with Gasteiger partial charge >= 0.3 is 0 Å². The van der Waals surface area contributed by atoms with Crippen LogP contribution in [0.1, 0.15) is 50.3 Å². The molecule has 0 unspecified atom stereocenters. The quantitative estimate of drug-likeness (QED) is 0.253. The van der Waals surface area contributed by atoms with Gasteiger partial charge in [0.05, 0.1) is 17.1 Å². The number of benzene rings is 2. The number of amides is 1. The number of aryl methyl sites for hydroxylation is 3. The van der Waals surface area contributed by atoms with Crippen molar-refractivity contribution in [1.82, 2.24) is 0 Å². The predicted molar refractivity (Wildman–Crippen MR) is 147 cm³/mol.